The standard InChI is InChI=1S/C21H21N3O3/c1-12-9-16(15-5-4-6-19(26-3)21(15)22-12)23-13(2)14-7-8-18-17(10-14)24-20(25)11-27-18/h4-10,13H,11H2,1-3H3,(H,22,23)(H,24,25). The molecule has 1 atom stereocenters. The van der Waals surface area contributed by atoms with Gasteiger partial charge in [0.05, 0.1) is 12.8 Å². The summed E-state index contributed by atoms with van der Waals surface area (Å²) in [5.74, 6) is 1.31. The van der Waals surface area contributed by atoms with Crippen molar-refractivity contribution in [3.8, 4) is 11.5 Å². The van der Waals surface area contributed by atoms with E-state index in [1.807, 2.05) is 49.4 Å². The van der Waals surface area contributed by atoms with Gasteiger partial charge in [-0.15, -0.1) is 0 Å². The van der Waals surface area contributed by atoms with Gasteiger partial charge in [-0.25, -0.2) is 4.98 Å². The minimum absolute atomic E-state index is 0.0188. The molecule has 1 amide bonds. The fraction of sp³-hybridized carbons (Fsp3) is 0.238. The van der Waals surface area contributed by atoms with E-state index in [-0.39, 0.29) is 18.6 Å². The highest BCUT2D eigenvalue weighted by Crippen LogP contribution is 2.34. The first-order valence-electron chi connectivity index (χ1n) is 8.82. The maximum absolute atomic E-state index is 11.6. The van der Waals surface area contributed by atoms with Crippen molar-refractivity contribution in [2.45, 2.75) is 19.9 Å². The van der Waals surface area contributed by atoms with E-state index in [1.165, 1.54) is 0 Å². The lowest BCUT2D eigenvalue weighted by molar-refractivity contribution is -0.118. The summed E-state index contributed by atoms with van der Waals surface area (Å²) < 4.78 is 10.9. The number of hydrogen-bond acceptors (Lipinski definition) is 5. The minimum Gasteiger partial charge on any atom is -0.494 e. The van der Waals surface area contributed by atoms with E-state index in [0.717, 1.165) is 33.6 Å². The van der Waals surface area contributed by atoms with Gasteiger partial charge in [0.1, 0.15) is 17.0 Å². The number of pyridine rings is 1. The van der Waals surface area contributed by atoms with Crippen LogP contribution in [-0.4, -0.2) is 24.6 Å². The Hall–Kier alpha value is -3.28. The number of amides is 1. The predicted octanol–water partition coefficient (Wildman–Crippen LogP) is 4.06. The number of hydrogen-bond donors (Lipinski definition) is 2. The molecule has 0 spiro atoms. The Kier molecular flexibility index (Phi) is 4.32. The normalized spacial score (nSPS) is 14.1. The molecule has 138 valence electrons. The van der Waals surface area contributed by atoms with Gasteiger partial charge in [0.15, 0.2) is 6.61 Å². The molecule has 0 aliphatic carbocycles. The molecule has 0 bridgehead atoms. The number of ether oxygens (including phenoxy) is 2. The Balaban J connectivity index is 1.68. The highest BCUT2D eigenvalue weighted by Gasteiger charge is 2.18. The van der Waals surface area contributed by atoms with E-state index < -0.39 is 0 Å². The Bertz CT molecular complexity index is 1030. The topological polar surface area (TPSA) is 72.5 Å². The Labute approximate surface area is 157 Å². The first-order chi connectivity index (χ1) is 13.0. The predicted molar refractivity (Wildman–Crippen MR) is 106 cm³/mol. The number of rotatable bonds is 4. The number of aryl methyl sites for hydroxylation is 1. The fourth-order valence-electron chi connectivity index (χ4n) is 3.32. The Morgan fingerprint density at radius 2 is 2.11 bits per heavy atom. The summed E-state index contributed by atoms with van der Waals surface area (Å²) in [7, 11) is 1.65. The molecular weight excluding hydrogens is 342 g/mol. The monoisotopic (exact) mass is 363 g/mol. The van der Waals surface area contributed by atoms with Crippen LogP contribution in [0, 0.1) is 6.92 Å². The van der Waals surface area contributed by atoms with Crippen molar-refractivity contribution < 1.29 is 14.3 Å². The van der Waals surface area contributed by atoms with E-state index in [1.54, 1.807) is 7.11 Å². The van der Waals surface area contributed by atoms with E-state index in [9.17, 15) is 4.79 Å². The van der Waals surface area contributed by atoms with Crippen molar-refractivity contribution in [2.24, 2.45) is 0 Å². The summed E-state index contributed by atoms with van der Waals surface area (Å²) in [6, 6.07) is 13.8. The number of carbonyl (C=O) groups excluding carboxylic acids is 1. The zero-order valence-electron chi connectivity index (χ0n) is 15.5. The van der Waals surface area contributed by atoms with Crippen LogP contribution in [0.1, 0.15) is 24.2 Å². The van der Waals surface area contributed by atoms with Crippen LogP contribution >= 0.6 is 0 Å². The molecule has 27 heavy (non-hydrogen) atoms. The number of aromatic nitrogens is 1. The molecule has 1 aliphatic heterocycles. The van der Waals surface area contributed by atoms with Crippen LogP contribution < -0.4 is 20.1 Å². The van der Waals surface area contributed by atoms with Crippen molar-refractivity contribution in [3.63, 3.8) is 0 Å². The van der Waals surface area contributed by atoms with Gasteiger partial charge in [-0.05, 0) is 43.7 Å². The third-order valence-electron chi connectivity index (χ3n) is 4.66. The number of fused-ring (bicyclic) bond motifs is 2. The minimum atomic E-state index is -0.136. The molecule has 0 saturated carbocycles. The lowest BCUT2D eigenvalue weighted by atomic mass is 10.0. The van der Waals surface area contributed by atoms with Gasteiger partial charge >= 0.3 is 0 Å². The quantitative estimate of drug-likeness (QED) is 0.731. The molecule has 4 rings (SSSR count). The SMILES string of the molecule is COc1cccc2c(NC(C)c3ccc4c(c3)NC(=O)CO4)cc(C)nc12. The number of nitrogens with one attached hydrogen (secondary N) is 2. The Morgan fingerprint density at radius 1 is 1.26 bits per heavy atom. The van der Waals surface area contributed by atoms with E-state index >= 15 is 0 Å². The summed E-state index contributed by atoms with van der Waals surface area (Å²) in [5, 5.41) is 7.42. The maximum Gasteiger partial charge on any atom is 0.262 e. The van der Waals surface area contributed by atoms with Gasteiger partial charge in [0, 0.05) is 22.8 Å². The van der Waals surface area contributed by atoms with Crippen molar-refractivity contribution in [3.05, 3.63) is 53.7 Å². The van der Waals surface area contributed by atoms with E-state index in [4.69, 9.17) is 9.47 Å². The summed E-state index contributed by atoms with van der Waals surface area (Å²) in [6.07, 6.45) is 0. The number of benzene rings is 2. The van der Waals surface area contributed by atoms with Crippen molar-refractivity contribution in [2.75, 3.05) is 24.4 Å². The molecule has 2 N–H and O–H groups in total. The van der Waals surface area contributed by atoms with Gasteiger partial charge in [-0.2, -0.15) is 0 Å². The van der Waals surface area contributed by atoms with Crippen LogP contribution in [0.4, 0.5) is 11.4 Å². The summed E-state index contributed by atoms with van der Waals surface area (Å²) in [5.41, 5.74) is 4.48. The molecule has 6 nitrogen and oxygen atoms in total. The molecule has 2 aromatic carbocycles. The smallest absolute Gasteiger partial charge is 0.262 e. The lowest BCUT2D eigenvalue weighted by Crippen LogP contribution is -2.25. The van der Waals surface area contributed by atoms with Crippen LogP contribution in [0.5, 0.6) is 11.5 Å². The largest absolute Gasteiger partial charge is 0.494 e. The third-order valence-corrected chi connectivity index (χ3v) is 4.66. The third kappa shape index (κ3) is 3.26. The average Bonchev–Trinajstić information content (AvgIpc) is 2.66. The van der Waals surface area contributed by atoms with Gasteiger partial charge in [0.25, 0.3) is 5.91 Å². The molecule has 1 unspecified atom stereocenters. The molecular formula is C21H21N3O3. The molecule has 1 aliphatic rings. The van der Waals surface area contributed by atoms with Crippen molar-refractivity contribution >= 4 is 28.2 Å². The maximum atomic E-state index is 11.6. The number of carbonyl (C=O) groups is 1. The van der Waals surface area contributed by atoms with Crippen LogP contribution in [-0.2, 0) is 4.79 Å². The first-order valence-corrected chi connectivity index (χ1v) is 8.82. The van der Waals surface area contributed by atoms with Crippen molar-refractivity contribution in [1.82, 2.24) is 4.98 Å². The lowest BCUT2D eigenvalue weighted by Gasteiger charge is -2.22. The van der Waals surface area contributed by atoms with Gasteiger partial charge in [0.2, 0.25) is 0 Å². The molecule has 6 heteroatoms. The number of anilines is 2. The molecule has 3 aromatic rings. The molecule has 2 heterocycles. The van der Waals surface area contributed by atoms with Gasteiger partial charge < -0.3 is 20.1 Å². The molecule has 0 saturated heterocycles. The van der Waals surface area contributed by atoms with Gasteiger partial charge in [-0.3, -0.25) is 4.79 Å². The fourth-order valence-corrected chi connectivity index (χ4v) is 3.32. The van der Waals surface area contributed by atoms with Gasteiger partial charge in [-0.1, -0.05) is 18.2 Å². The van der Waals surface area contributed by atoms with Crippen LogP contribution in [0.25, 0.3) is 10.9 Å². The zero-order chi connectivity index (χ0) is 19.0. The zero-order valence-corrected chi connectivity index (χ0v) is 15.5. The Morgan fingerprint density at radius 3 is 2.93 bits per heavy atom. The van der Waals surface area contributed by atoms with Crippen LogP contribution in [0.3, 0.4) is 0 Å². The number of para-hydroxylation sites is 1. The van der Waals surface area contributed by atoms with Crippen molar-refractivity contribution in [1.29, 1.82) is 0 Å². The van der Waals surface area contributed by atoms with Crippen LogP contribution in [0.15, 0.2) is 42.5 Å². The molecule has 1 aromatic heterocycles. The number of nitrogens with zero attached hydrogens (tertiary/aromatic N) is 1. The van der Waals surface area contributed by atoms with Crippen LogP contribution in [0.2, 0.25) is 0 Å². The highest BCUT2D eigenvalue weighted by molar-refractivity contribution is 5.96. The summed E-state index contributed by atoms with van der Waals surface area (Å²) >= 11 is 0. The average molecular weight is 363 g/mol. The summed E-state index contributed by atoms with van der Waals surface area (Å²) in [6.45, 7) is 4.10. The highest BCUT2D eigenvalue weighted by atomic mass is 16.5. The molecule has 0 radical (unpaired) electrons. The molecule has 0 fully saturated rings. The second kappa shape index (κ2) is 6.79. The number of methoxy groups -OCH3 is 1. The second-order valence-corrected chi connectivity index (χ2v) is 6.63. The first kappa shape index (κ1) is 17.1. The van der Waals surface area contributed by atoms with E-state index in [0.29, 0.717) is 11.4 Å². The second-order valence-electron chi connectivity index (χ2n) is 6.63. The van der Waals surface area contributed by atoms with E-state index in [2.05, 4.69) is 22.5 Å². The summed E-state index contributed by atoms with van der Waals surface area (Å²) in [4.78, 5) is 16.2.